The van der Waals surface area contributed by atoms with E-state index in [1.165, 1.54) is 0 Å². The van der Waals surface area contributed by atoms with E-state index >= 15 is 0 Å². The van der Waals surface area contributed by atoms with Crippen molar-refractivity contribution in [3.8, 4) is 0 Å². The minimum absolute atomic E-state index is 0.216. The standard InChI is InChI=1S/C14H29O5P/c1-3-18-20(17,19-4-2)14(16)12-10-8-6-5-7-9-11-13-15/h15H,3-13H2,1-2H3. The normalized spacial score (nSPS) is 11.8. The zero-order valence-electron chi connectivity index (χ0n) is 12.8. The third-order valence-corrected chi connectivity index (χ3v) is 4.98. The maximum atomic E-state index is 12.1. The van der Waals surface area contributed by atoms with Crippen LogP contribution in [0.4, 0.5) is 0 Å². The van der Waals surface area contributed by atoms with Crippen LogP contribution in [-0.4, -0.2) is 30.5 Å². The van der Waals surface area contributed by atoms with Crippen LogP contribution >= 0.6 is 7.60 Å². The molecule has 0 amide bonds. The molecule has 0 heterocycles. The molecule has 0 rings (SSSR count). The van der Waals surface area contributed by atoms with Gasteiger partial charge in [0, 0.05) is 13.0 Å². The molecule has 0 spiro atoms. The Hall–Kier alpha value is -0.220. The van der Waals surface area contributed by atoms with Gasteiger partial charge < -0.3 is 14.2 Å². The van der Waals surface area contributed by atoms with E-state index in [4.69, 9.17) is 14.2 Å². The summed E-state index contributed by atoms with van der Waals surface area (Å²) in [6.07, 6.45) is 7.14. The van der Waals surface area contributed by atoms with Crippen LogP contribution in [0.5, 0.6) is 0 Å². The van der Waals surface area contributed by atoms with Crippen LogP contribution in [0.3, 0.4) is 0 Å². The summed E-state index contributed by atoms with van der Waals surface area (Å²) in [5.74, 6) is 0. The van der Waals surface area contributed by atoms with Gasteiger partial charge in [0.1, 0.15) is 0 Å². The van der Waals surface area contributed by atoms with Crippen molar-refractivity contribution in [3.63, 3.8) is 0 Å². The molecule has 0 aliphatic carbocycles. The second-order valence-electron chi connectivity index (χ2n) is 4.68. The Labute approximate surface area is 122 Å². The largest absolute Gasteiger partial charge is 0.396 e. The fourth-order valence-corrected chi connectivity index (χ4v) is 3.40. The number of aliphatic hydroxyl groups is 1. The third-order valence-electron chi connectivity index (χ3n) is 2.95. The van der Waals surface area contributed by atoms with Gasteiger partial charge in [0.25, 0.3) is 0 Å². The highest BCUT2D eigenvalue weighted by atomic mass is 31.2. The van der Waals surface area contributed by atoms with E-state index < -0.39 is 13.1 Å². The number of unbranched alkanes of at least 4 members (excludes halogenated alkanes) is 6. The van der Waals surface area contributed by atoms with Crippen molar-refractivity contribution >= 4 is 13.1 Å². The lowest BCUT2D eigenvalue weighted by atomic mass is 10.1. The predicted molar refractivity (Wildman–Crippen MR) is 79.9 cm³/mol. The fourth-order valence-electron chi connectivity index (χ4n) is 1.93. The average Bonchev–Trinajstić information content (AvgIpc) is 2.42. The Morgan fingerprint density at radius 3 is 1.80 bits per heavy atom. The maximum Gasteiger partial charge on any atom is 0.396 e. The zero-order chi connectivity index (χ0) is 15.3. The molecule has 0 fully saturated rings. The molecule has 0 atom stereocenters. The lowest BCUT2D eigenvalue weighted by Crippen LogP contribution is -2.07. The molecule has 6 heteroatoms. The summed E-state index contributed by atoms with van der Waals surface area (Å²) in [4.78, 5) is 11.9. The first kappa shape index (κ1) is 19.8. The lowest BCUT2D eigenvalue weighted by molar-refractivity contribution is -0.114. The number of carbonyl (C=O) groups excluding carboxylic acids is 1. The smallest absolute Gasteiger partial charge is 0.396 e. The average molecular weight is 308 g/mol. The van der Waals surface area contributed by atoms with Crippen LogP contribution in [-0.2, 0) is 18.4 Å². The van der Waals surface area contributed by atoms with Crippen molar-refractivity contribution in [3.05, 3.63) is 0 Å². The zero-order valence-corrected chi connectivity index (χ0v) is 13.7. The minimum Gasteiger partial charge on any atom is -0.396 e. The molecule has 0 unspecified atom stereocenters. The maximum absolute atomic E-state index is 12.1. The molecular formula is C14H29O5P. The number of aliphatic hydroxyl groups excluding tert-OH is 1. The second-order valence-corrected chi connectivity index (χ2v) is 6.69. The molecule has 1 N–H and O–H groups in total. The summed E-state index contributed by atoms with van der Waals surface area (Å²) in [7, 11) is -3.55. The molecule has 0 saturated carbocycles. The molecule has 0 radical (unpaired) electrons. The molecule has 0 aromatic rings. The SMILES string of the molecule is CCOP(=O)(OCC)C(=O)CCCCCCCCCO. The molecule has 0 bridgehead atoms. The number of hydrogen-bond donors (Lipinski definition) is 1. The van der Waals surface area contributed by atoms with E-state index in [1.54, 1.807) is 13.8 Å². The molecule has 0 aliphatic rings. The van der Waals surface area contributed by atoms with Gasteiger partial charge in [-0.2, -0.15) is 0 Å². The Balaban J connectivity index is 3.77. The Morgan fingerprint density at radius 2 is 1.35 bits per heavy atom. The van der Waals surface area contributed by atoms with Crippen LogP contribution in [0.2, 0.25) is 0 Å². The topological polar surface area (TPSA) is 72.8 Å². The van der Waals surface area contributed by atoms with Crippen LogP contribution in [0.15, 0.2) is 0 Å². The molecule has 0 aromatic heterocycles. The van der Waals surface area contributed by atoms with Gasteiger partial charge in [-0.3, -0.25) is 9.36 Å². The molecule has 120 valence electrons. The lowest BCUT2D eigenvalue weighted by Gasteiger charge is -2.15. The van der Waals surface area contributed by atoms with Crippen LogP contribution in [0.25, 0.3) is 0 Å². The summed E-state index contributed by atoms with van der Waals surface area (Å²) >= 11 is 0. The van der Waals surface area contributed by atoms with Gasteiger partial charge >= 0.3 is 7.60 Å². The summed E-state index contributed by atoms with van der Waals surface area (Å²) < 4.78 is 22.2. The van der Waals surface area contributed by atoms with E-state index in [9.17, 15) is 9.36 Å². The molecule has 20 heavy (non-hydrogen) atoms. The van der Waals surface area contributed by atoms with Crippen molar-refractivity contribution in [1.82, 2.24) is 0 Å². The van der Waals surface area contributed by atoms with E-state index in [0.29, 0.717) is 0 Å². The third kappa shape index (κ3) is 8.85. The highest BCUT2D eigenvalue weighted by molar-refractivity contribution is 7.71. The predicted octanol–water partition coefficient (Wildman–Crippen LogP) is 3.89. The van der Waals surface area contributed by atoms with E-state index in [2.05, 4.69) is 0 Å². The second kappa shape index (κ2) is 12.5. The van der Waals surface area contributed by atoms with E-state index in [-0.39, 0.29) is 26.2 Å². The van der Waals surface area contributed by atoms with Gasteiger partial charge in [0.15, 0.2) is 0 Å². The first-order chi connectivity index (χ1) is 9.60. The van der Waals surface area contributed by atoms with Gasteiger partial charge in [0.05, 0.1) is 13.2 Å². The fraction of sp³-hybridized carbons (Fsp3) is 0.929. The Kier molecular flexibility index (Phi) is 12.4. The summed E-state index contributed by atoms with van der Waals surface area (Å²) in [6.45, 7) is 4.09. The van der Waals surface area contributed by atoms with Crippen molar-refractivity contribution in [2.45, 2.75) is 65.2 Å². The van der Waals surface area contributed by atoms with Crippen molar-refractivity contribution in [2.75, 3.05) is 19.8 Å². The summed E-state index contributed by atoms with van der Waals surface area (Å²) in [6, 6.07) is 0. The van der Waals surface area contributed by atoms with Gasteiger partial charge in [-0.25, -0.2) is 0 Å². The van der Waals surface area contributed by atoms with Crippen molar-refractivity contribution in [1.29, 1.82) is 0 Å². The highest BCUT2D eigenvalue weighted by Crippen LogP contribution is 2.50. The van der Waals surface area contributed by atoms with Gasteiger partial charge in [-0.1, -0.05) is 32.1 Å². The minimum atomic E-state index is -3.55. The molecule has 5 nitrogen and oxygen atoms in total. The Bertz CT molecular complexity index is 283. The molecule has 0 aliphatic heterocycles. The highest BCUT2D eigenvalue weighted by Gasteiger charge is 2.32. The quantitative estimate of drug-likeness (QED) is 0.389. The molecular weight excluding hydrogens is 279 g/mol. The summed E-state index contributed by atoms with van der Waals surface area (Å²) in [5.41, 5.74) is -0.401. The number of hydrogen-bond acceptors (Lipinski definition) is 5. The van der Waals surface area contributed by atoms with Crippen LogP contribution in [0, 0.1) is 0 Å². The van der Waals surface area contributed by atoms with E-state index in [1.807, 2.05) is 0 Å². The summed E-state index contributed by atoms with van der Waals surface area (Å²) in [5, 5.41) is 8.64. The Morgan fingerprint density at radius 1 is 0.900 bits per heavy atom. The van der Waals surface area contributed by atoms with Gasteiger partial charge in [-0.05, 0) is 26.7 Å². The first-order valence-corrected chi connectivity index (χ1v) is 9.18. The number of carbonyl (C=O) groups is 1. The first-order valence-electron chi connectivity index (χ1n) is 7.64. The monoisotopic (exact) mass is 308 g/mol. The number of rotatable bonds is 14. The van der Waals surface area contributed by atoms with E-state index in [0.717, 1.165) is 44.9 Å². The van der Waals surface area contributed by atoms with Crippen molar-refractivity contribution < 1.29 is 23.5 Å². The molecule has 0 saturated heterocycles. The van der Waals surface area contributed by atoms with Crippen LogP contribution < -0.4 is 0 Å². The molecule has 0 aromatic carbocycles. The van der Waals surface area contributed by atoms with Gasteiger partial charge in [0.2, 0.25) is 5.52 Å². The van der Waals surface area contributed by atoms with Crippen molar-refractivity contribution in [2.24, 2.45) is 0 Å². The van der Waals surface area contributed by atoms with Crippen LogP contribution in [0.1, 0.15) is 65.2 Å². The van der Waals surface area contributed by atoms with Gasteiger partial charge in [-0.15, -0.1) is 0 Å².